The van der Waals surface area contributed by atoms with Gasteiger partial charge in [-0.2, -0.15) is 0 Å². The Labute approximate surface area is 81.1 Å². The topological polar surface area (TPSA) is 9.23 Å². The third kappa shape index (κ3) is 11.8. The molecule has 1 nitrogen and oxygen atoms in total. The van der Waals surface area contributed by atoms with E-state index in [1.807, 2.05) is 0 Å². The molecule has 0 bridgehead atoms. The summed E-state index contributed by atoms with van der Waals surface area (Å²) in [5, 5.41) is 0. The van der Waals surface area contributed by atoms with Crippen molar-refractivity contribution in [3.05, 3.63) is 0 Å². The summed E-state index contributed by atoms with van der Waals surface area (Å²) >= 11 is 0. The van der Waals surface area contributed by atoms with E-state index >= 15 is 0 Å². The van der Waals surface area contributed by atoms with Gasteiger partial charge in [0, 0.05) is 21.1 Å². The Kier molecular flexibility index (Phi) is 5.73. The third-order valence-electron chi connectivity index (χ3n) is 0.612. The Morgan fingerprint density at radius 3 is 0.900 bits per heavy atom. The van der Waals surface area contributed by atoms with E-state index < -0.39 is 16.6 Å². The molecule has 66 valence electrons. The van der Waals surface area contributed by atoms with Crippen LogP contribution in [0, 0.1) is 0 Å². The predicted molar refractivity (Wildman–Crippen MR) is 47.8 cm³/mol. The van der Waals surface area contributed by atoms with Crippen molar-refractivity contribution in [3.8, 4) is 0 Å². The standard InChI is InChI=1S/C6H18OSi2.Pt/c1-8(2,3)7-9(4,5)6;/h1-6H3;. The van der Waals surface area contributed by atoms with Gasteiger partial charge in [-0.05, 0) is 39.3 Å². The second-order valence-corrected chi connectivity index (χ2v) is 13.6. The Morgan fingerprint density at radius 1 is 0.700 bits per heavy atom. The maximum atomic E-state index is 5.90. The molecule has 0 aromatic carbocycles. The summed E-state index contributed by atoms with van der Waals surface area (Å²) in [5.74, 6) is 0. The molecule has 0 fully saturated rings. The molecule has 0 amide bonds. The molecule has 0 unspecified atom stereocenters. The maximum Gasteiger partial charge on any atom is 0.170 e. The van der Waals surface area contributed by atoms with Gasteiger partial charge in [0.05, 0.1) is 0 Å². The molecule has 0 aliphatic rings. The molecule has 0 rings (SSSR count). The molecule has 0 aliphatic heterocycles. The summed E-state index contributed by atoms with van der Waals surface area (Å²) in [5.41, 5.74) is 0. The van der Waals surface area contributed by atoms with E-state index in [4.69, 9.17) is 4.12 Å². The van der Waals surface area contributed by atoms with Crippen molar-refractivity contribution >= 4 is 16.6 Å². The summed E-state index contributed by atoms with van der Waals surface area (Å²) in [4.78, 5) is 0. The molecule has 4 heteroatoms. The van der Waals surface area contributed by atoms with Crippen LogP contribution in [0.1, 0.15) is 0 Å². The van der Waals surface area contributed by atoms with Crippen LogP contribution in [0.2, 0.25) is 39.3 Å². The predicted octanol–water partition coefficient (Wildman–Crippen LogP) is 2.67. The van der Waals surface area contributed by atoms with Crippen LogP contribution >= 0.6 is 0 Å². The monoisotopic (exact) mass is 357 g/mol. The fourth-order valence-corrected chi connectivity index (χ4v) is 8.27. The van der Waals surface area contributed by atoms with Crippen LogP contribution in [0.3, 0.4) is 0 Å². The van der Waals surface area contributed by atoms with Gasteiger partial charge in [0.15, 0.2) is 16.6 Å². The van der Waals surface area contributed by atoms with E-state index in [-0.39, 0.29) is 21.1 Å². The van der Waals surface area contributed by atoms with Crippen molar-refractivity contribution in [2.45, 2.75) is 39.3 Å². The van der Waals surface area contributed by atoms with E-state index in [9.17, 15) is 0 Å². The molecule has 0 atom stereocenters. The molecule has 0 N–H and O–H groups in total. The molecule has 10 heavy (non-hydrogen) atoms. The summed E-state index contributed by atoms with van der Waals surface area (Å²) in [6.45, 7) is 13.4. The van der Waals surface area contributed by atoms with Gasteiger partial charge < -0.3 is 4.12 Å². The van der Waals surface area contributed by atoms with Gasteiger partial charge in [0.25, 0.3) is 0 Å². The smallest absolute Gasteiger partial charge is 0.170 e. The van der Waals surface area contributed by atoms with Gasteiger partial charge in [0.2, 0.25) is 0 Å². The molecule has 0 aliphatic carbocycles. The SMILES string of the molecule is C[Si](C)(C)O[Si](C)(C)C.[Pt]. The molecule has 0 heterocycles. The molecule has 0 radical (unpaired) electrons. The first-order chi connectivity index (χ1) is 3.71. The van der Waals surface area contributed by atoms with Crippen molar-refractivity contribution in [2.75, 3.05) is 0 Å². The quantitative estimate of drug-likeness (QED) is 0.691. The first-order valence-corrected chi connectivity index (χ1v) is 10.2. The van der Waals surface area contributed by atoms with E-state index in [1.165, 1.54) is 0 Å². The summed E-state index contributed by atoms with van der Waals surface area (Å²) in [7, 11) is -2.46. The summed E-state index contributed by atoms with van der Waals surface area (Å²) in [6.07, 6.45) is 0. The normalized spacial score (nSPS) is 12.6. The summed E-state index contributed by atoms with van der Waals surface area (Å²) < 4.78 is 5.90. The van der Waals surface area contributed by atoms with E-state index in [0.717, 1.165) is 0 Å². The van der Waals surface area contributed by atoms with Crippen molar-refractivity contribution in [1.82, 2.24) is 0 Å². The zero-order chi connectivity index (χ0) is 7.71. The van der Waals surface area contributed by atoms with Gasteiger partial charge in [-0.25, -0.2) is 0 Å². The van der Waals surface area contributed by atoms with E-state index in [0.29, 0.717) is 0 Å². The van der Waals surface area contributed by atoms with Crippen LogP contribution in [0.4, 0.5) is 0 Å². The van der Waals surface area contributed by atoms with Crippen LogP contribution in [-0.2, 0) is 25.2 Å². The van der Waals surface area contributed by atoms with Crippen LogP contribution in [0.5, 0.6) is 0 Å². The first-order valence-electron chi connectivity index (χ1n) is 3.41. The maximum absolute atomic E-state index is 5.90. The first kappa shape index (κ1) is 13.7. The van der Waals surface area contributed by atoms with Gasteiger partial charge in [-0.1, -0.05) is 0 Å². The van der Waals surface area contributed by atoms with Crippen molar-refractivity contribution in [3.63, 3.8) is 0 Å². The molecule has 0 spiro atoms. The minimum atomic E-state index is -1.23. The van der Waals surface area contributed by atoms with Gasteiger partial charge in [-0.15, -0.1) is 0 Å². The number of hydrogen-bond donors (Lipinski definition) is 0. The van der Waals surface area contributed by atoms with Crippen LogP contribution in [0.25, 0.3) is 0 Å². The van der Waals surface area contributed by atoms with E-state index in [2.05, 4.69) is 39.3 Å². The fourth-order valence-electron chi connectivity index (χ4n) is 0.919. The van der Waals surface area contributed by atoms with Gasteiger partial charge >= 0.3 is 0 Å². The second-order valence-electron chi connectivity index (χ2n) is 4.33. The molecule has 0 aromatic rings. The Bertz CT molecular complexity index is 80.9. The minimum absolute atomic E-state index is 0. The number of hydrogen-bond acceptors (Lipinski definition) is 1. The number of rotatable bonds is 2. The molecule has 0 saturated heterocycles. The minimum Gasteiger partial charge on any atom is -0.456 e. The fraction of sp³-hybridized carbons (Fsp3) is 1.00. The molecule has 0 saturated carbocycles. The Hall–Kier alpha value is 1.08. The average molecular weight is 357 g/mol. The van der Waals surface area contributed by atoms with Gasteiger partial charge in [-0.3, -0.25) is 0 Å². The zero-order valence-electron chi connectivity index (χ0n) is 7.72. The van der Waals surface area contributed by atoms with Gasteiger partial charge in [0.1, 0.15) is 0 Å². The molecular formula is C6H18OPtSi2. The third-order valence-corrected chi connectivity index (χ3v) is 5.51. The molecule has 0 aromatic heterocycles. The average Bonchev–Trinajstić information content (AvgIpc) is 1.14. The van der Waals surface area contributed by atoms with Crippen molar-refractivity contribution in [2.24, 2.45) is 0 Å². The molecular weight excluding hydrogens is 339 g/mol. The van der Waals surface area contributed by atoms with Crippen molar-refractivity contribution in [1.29, 1.82) is 0 Å². The second kappa shape index (κ2) is 4.19. The Morgan fingerprint density at radius 2 is 0.900 bits per heavy atom. The largest absolute Gasteiger partial charge is 0.456 e. The van der Waals surface area contributed by atoms with Crippen LogP contribution in [-0.4, -0.2) is 16.6 Å². The van der Waals surface area contributed by atoms with Crippen LogP contribution < -0.4 is 0 Å². The summed E-state index contributed by atoms with van der Waals surface area (Å²) in [6, 6.07) is 0. The van der Waals surface area contributed by atoms with E-state index in [1.54, 1.807) is 0 Å². The zero-order valence-corrected chi connectivity index (χ0v) is 12.0. The van der Waals surface area contributed by atoms with Crippen LogP contribution in [0.15, 0.2) is 0 Å². The van der Waals surface area contributed by atoms with Crippen molar-refractivity contribution < 1.29 is 25.2 Å². The Balaban J connectivity index is 0.